The van der Waals surface area contributed by atoms with Gasteiger partial charge in [0.15, 0.2) is 0 Å². The van der Waals surface area contributed by atoms with Crippen molar-refractivity contribution >= 4 is 45.6 Å². The van der Waals surface area contributed by atoms with E-state index in [0.717, 1.165) is 3.57 Å². The summed E-state index contributed by atoms with van der Waals surface area (Å²) in [6.07, 6.45) is 0. The second-order valence-electron chi connectivity index (χ2n) is 1.44. The van der Waals surface area contributed by atoms with Crippen LogP contribution in [0.2, 0.25) is 0 Å². The highest BCUT2D eigenvalue weighted by atomic mass is 127. The van der Waals surface area contributed by atoms with Crippen molar-refractivity contribution in [1.29, 1.82) is 0 Å². The zero-order chi connectivity index (χ0) is 5.98. The highest BCUT2D eigenvalue weighted by Gasteiger charge is 1.84. The lowest BCUT2D eigenvalue weighted by Gasteiger charge is -1.85. The van der Waals surface area contributed by atoms with Gasteiger partial charge in [-0.15, -0.1) is 0 Å². The topological polar surface area (TPSA) is 0 Å². The van der Waals surface area contributed by atoms with E-state index in [4.69, 9.17) is 0 Å². The van der Waals surface area contributed by atoms with Crippen LogP contribution in [0.15, 0.2) is 24.3 Å². The average molecular weight is 248 g/mol. The molecule has 0 aliphatic heterocycles. The molecule has 1 rings (SSSR count). The Morgan fingerprint density at radius 3 is 1.89 bits per heavy atom. The van der Waals surface area contributed by atoms with Crippen LogP contribution >= 0.6 is 22.6 Å². The molecular weight excluding hydrogens is 242 g/mol. The minimum atomic E-state index is -0.176. The maximum Gasteiger partial charge on any atom is 0.316 e. The molecular formula is C6H6FIMg. The average Bonchev–Trinajstić information content (AvgIpc) is 1.77. The van der Waals surface area contributed by atoms with Gasteiger partial charge in [0.25, 0.3) is 0 Å². The van der Waals surface area contributed by atoms with Crippen LogP contribution in [0.5, 0.6) is 0 Å². The predicted octanol–water partition coefficient (Wildman–Crippen LogP) is 1.51. The van der Waals surface area contributed by atoms with E-state index >= 15 is 0 Å². The Labute approximate surface area is 83.1 Å². The molecule has 0 nitrogen and oxygen atoms in total. The van der Waals surface area contributed by atoms with E-state index in [1.807, 2.05) is 0 Å². The third-order valence-electron chi connectivity index (χ3n) is 0.804. The van der Waals surface area contributed by atoms with Crippen LogP contribution in [0, 0.1) is 9.39 Å². The zero-order valence-corrected chi connectivity index (χ0v) is 6.22. The lowest BCUT2D eigenvalue weighted by Crippen LogP contribution is -1.70. The first-order chi connectivity index (χ1) is 3.79. The molecule has 0 bridgehead atoms. The van der Waals surface area contributed by atoms with Gasteiger partial charge in [-0.25, -0.2) is 4.39 Å². The van der Waals surface area contributed by atoms with E-state index in [1.54, 1.807) is 12.1 Å². The van der Waals surface area contributed by atoms with E-state index in [-0.39, 0.29) is 28.9 Å². The third kappa shape index (κ3) is 3.37. The van der Waals surface area contributed by atoms with Crippen molar-refractivity contribution in [2.45, 2.75) is 0 Å². The fraction of sp³-hybridized carbons (Fsp3) is 0. The Hall–Kier alpha value is 0.646. The molecule has 0 unspecified atom stereocenters. The molecule has 1 aromatic rings. The van der Waals surface area contributed by atoms with Crippen LogP contribution in [0.1, 0.15) is 0 Å². The molecule has 0 radical (unpaired) electrons. The maximum atomic E-state index is 12.1. The molecule has 0 spiro atoms. The first-order valence-electron chi connectivity index (χ1n) is 2.20. The van der Waals surface area contributed by atoms with Gasteiger partial charge in [-0.1, -0.05) is 0 Å². The Kier molecular flexibility index (Phi) is 4.78. The molecule has 0 saturated carbocycles. The minimum Gasteiger partial charge on any atom is -0.207 e. The number of halogens is 2. The summed E-state index contributed by atoms with van der Waals surface area (Å²) < 4.78 is 13.1. The van der Waals surface area contributed by atoms with Crippen LogP contribution in [-0.2, 0) is 0 Å². The zero-order valence-electron chi connectivity index (χ0n) is 4.07. The van der Waals surface area contributed by atoms with Crippen molar-refractivity contribution in [3.8, 4) is 0 Å². The van der Waals surface area contributed by atoms with Crippen LogP contribution in [0.4, 0.5) is 4.39 Å². The number of hydrogen-bond donors (Lipinski definition) is 0. The SMILES string of the molecule is Fc1ccc(I)cc1.[MgH2]. The van der Waals surface area contributed by atoms with E-state index < -0.39 is 0 Å². The molecule has 0 aliphatic carbocycles. The van der Waals surface area contributed by atoms with Gasteiger partial charge in [0, 0.05) is 3.57 Å². The molecule has 0 saturated heterocycles. The van der Waals surface area contributed by atoms with Crippen molar-refractivity contribution in [2.24, 2.45) is 0 Å². The fourth-order valence-electron chi connectivity index (χ4n) is 0.430. The number of rotatable bonds is 0. The minimum absolute atomic E-state index is 0. The van der Waals surface area contributed by atoms with Gasteiger partial charge in [0.2, 0.25) is 0 Å². The molecule has 3 heteroatoms. The van der Waals surface area contributed by atoms with Crippen molar-refractivity contribution < 1.29 is 4.39 Å². The van der Waals surface area contributed by atoms with Crippen molar-refractivity contribution in [3.05, 3.63) is 33.7 Å². The first kappa shape index (κ1) is 9.65. The van der Waals surface area contributed by atoms with Crippen LogP contribution in [0.3, 0.4) is 0 Å². The predicted molar refractivity (Wildman–Crippen MR) is 47.7 cm³/mol. The fourth-order valence-corrected chi connectivity index (χ4v) is 0.789. The summed E-state index contributed by atoms with van der Waals surface area (Å²) in [4.78, 5) is 0. The van der Waals surface area contributed by atoms with Gasteiger partial charge in [0.1, 0.15) is 5.82 Å². The van der Waals surface area contributed by atoms with Crippen LogP contribution < -0.4 is 0 Å². The Bertz CT molecular complexity index is 152. The standard InChI is InChI=1S/C6H4FI.Mg.2H/c7-5-1-3-6(8)4-2-5;;;/h1-4H;;;. The van der Waals surface area contributed by atoms with E-state index in [1.165, 1.54) is 12.1 Å². The van der Waals surface area contributed by atoms with Crippen LogP contribution in [0.25, 0.3) is 0 Å². The Balaban J connectivity index is 0.000000640. The molecule has 0 N–H and O–H groups in total. The van der Waals surface area contributed by atoms with Gasteiger partial charge >= 0.3 is 23.1 Å². The molecule has 0 fully saturated rings. The highest BCUT2D eigenvalue weighted by molar-refractivity contribution is 14.1. The number of benzene rings is 1. The van der Waals surface area contributed by atoms with Gasteiger partial charge in [0.05, 0.1) is 0 Å². The second-order valence-corrected chi connectivity index (χ2v) is 2.68. The first-order valence-corrected chi connectivity index (χ1v) is 3.28. The third-order valence-corrected chi connectivity index (χ3v) is 1.52. The lowest BCUT2D eigenvalue weighted by molar-refractivity contribution is 0.627. The molecule has 1 aromatic carbocycles. The highest BCUT2D eigenvalue weighted by Crippen LogP contribution is 2.03. The monoisotopic (exact) mass is 248 g/mol. The molecule has 9 heavy (non-hydrogen) atoms. The summed E-state index contributed by atoms with van der Waals surface area (Å²) in [5.41, 5.74) is 0. The van der Waals surface area contributed by atoms with E-state index in [0.29, 0.717) is 0 Å². The molecule has 0 heterocycles. The van der Waals surface area contributed by atoms with Crippen molar-refractivity contribution in [1.82, 2.24) is 0 Å². The quantitative estimate of drug-likeness (QED) is 0.482. The normalized spacial score (nSPS) is 8.22. The van der Waals surface area contributed by atoms with Gasteiger partial charge in [-0.3, -0.25) is 0 Å². The molecule has 0 atom stereocenters. The molecule has 46 valence electrons. The summed E-state index contributed by atoms with van der Waals surface area (Å²) in [5, 5.41) is 0. The summed E-state index contributed by atoms with van der Waals surface area (Å²) in [5.74, 6) is -0.176. The molecule has 0 aliphatic rings. The van der Waals surface area contributed by atoms with E-state index in [2.05, 4.69) is 22.6 Å². The van der Waals surface area contributed by atoms with Crippen molar-refractivity contribution in [3.63, 3.8) is 0 Å². The maximum absolute atomic E-state index is 12.1. The molecule has 0 aromatic heterocycles. The van der Waals surface area contributed by atoms with Gasteiger partial charge < -0.3 is 0 Å². The van der Waals surface area contributed by atoms with E-state index in [9.17, 15) is 4.39 Å². The van der Waals surface area contributed by atoms with Crippen LogP contribution in [-0.4, -0.2) is 23.1 Å². The Morgan fingerprint density at radius 1 is 1.11 bits per heavy atom. The summed E-state index contributed by atoms with van der Waals surface area (Å²) >= 11 is 2.13. The Morgan fingerprint density at radius 2 is 1.56 bits per heavy atom. The number of hydrogen-bond acceptors (Lipinski definition) is 0. The lowest BCUT2D eigenvalue weighted by atomic mass is 10.4. The largest absolute Gasteiger partial charge is 0.316 e. The van der Waals surface area contributed by atoms with Crippen molar-refractivity contribution in [2.75, 3.05) is 0 Å². The summed E-state index contributed by atoms with van der Waals surface area (Å²) in [6.45, 7) is 0. The molecule has 0 amide bonds. The van der Waals surface area contributed by atoms with Gasteiger partial charge in [-0.05, 0) is 46.9 Å². The summed E-state index contributed by atoms with van der Waals surface area (Å²) in [7, 11) is 0. The van der Waals surface area contributed by atoms with Gasteiger partial charge in [-0.2, -0.15) is 0 Å². The second kappa shape index (κ2) is 4.46. The smallest absolute Gasteiger partial charge is 0.207 e. The summed E-state index contributed by atoms with van der Waals surface area (Å²) in [6, 6.07) is 6.36.